The monoisotopic (exact) mass is 311 g/mol. The van der Waals surface area contributed by atoms with Crippen LogP contribution in [0.1, 0.15) is 16.1 Å². The van der Waals surface area contributed by atoms with Gasteiger partial charge in [-0.05, 0) is 25.1 Å². The molecule has 23 heavy (non-hydrogen) atoms. The summed E-state index contributed by atoms with van der Waals surface area (Å²) in [6, 6.07) is 10.1. The Labute approximate surface area is 133 Å². The molecule has 1 aliphatic heterocycles. The molecule has 0 spiro atoms. The Hall–Kier alpha value is -2.76. The Morgan fingerprint density at radius 3 is 2.61 bits per heavy atom. The third kappa shape index (κ3) is 2.46. The fraction of sp³-hybridized carbons (Fsp3) is 0.294. The molecule has 1 aliphatic rings. The van der Waals surface area contributed by atoms with E-state index in [4.69, 9.17) is 8.83 Å². The molecule has 0 radical (unpaired) electrons. The summed E-state index contributed by atoms with van der Waals surface area (Å²) in [5, 5.41) is 0. The summed E-state index contributed by atoms with van der Waals surface area (Å²) in [6.07, 6.45) is 1.55. The number of hydrogen-bond acceptors (Lipinski definition) is 5. The lowest BCUT2D eigenvalue weighted by Gasteiger charge is -2.33. The van der Waals surface area contributed by atoms with E-state index < -0.39 is 0 Å². The van der Waals surface area contributed by atoms with Crippen molar-refractivity contribution in [1.29, 1.82) is 0 Å². The van der Waals surface area contributed by atoms with Crippen LogP contribution in [0.25, 0.3) is 11.1 Å². The van der Waals surface area contributed by atoms with E-state index in [1.54, 1.807) is 6.26 Å². The zero-order valence-electron chi connectivity index (χ0n) is 12.9. The highest BCUT2D eigenvalue weighted by Gasteiger charge is 2.26. The zero-order chi connectivity index (χ0) is 15.8. The van der Waals surface area contributed by atoms with Gasteiger partial charge in [-0.1, -0.05) is 12.1 Å². The van der Waals surface area contributed by atoms with Gasteiger partial charge in [0.15, 0.2) is 11.3 Å². The van der Waals surface area contributed by atoms with Gasteiger partial charge in [0, 0.05) is 31.7 Å². The van der Waals surface area contributed by atoms with Gasteiger partial charge in [0.1, 0.15) is 5.52 Å². The second-order valence-corrected chi connectivity index (χ2v) is 5.68. The number of fused-ring (bicyclic) bond motifs is 1. The maximum Gasteiger partial charge on any atom is 0.298 e. The van der Waals surface area contributed by atoms with Crippen molar-refractivity contribution in [2.75, 3.05) is 31.1 Å². The summed E-state index contributed by atoms with van der Waals surface area (Å²) < 4.78 is 11.1. The van der Waals surface area contributed by atoms with Crippen molar-refractivity contribution < 1.29 is 13.6 Å². The number of benzene rings is 1. The van der Waals surface area contributed by atoms with E-state index >= 15 is 0 Å². The van der Waals surface area contributed by atoms with E-state index in [2.05, 4.69) is 9.88 Å². The molecule has 118 valence electrons. The number of aryl methyl sites for hydroxylation is 1. The minimum absolute atomic E-state index is 0.0512. The molecular formula is C17H17N3O3. The lowest BCUT2D eigenvalue weighted by Crippen LogP contribution is -2.49. The standard InChI is InChI=1S/C17H17N3O3/c1-12-6-11-22-15(12)16(21)19-7-9-20(10-8-19)17-18-13-4-2-3-5-14(13)23-17/h2-6,11H,7-10H2,1H3. The van der Waals surface area contributed by atoms with E-state index in [1.165, 1.54) is 0 Å². The first-order valence-electron chi connectivity index (χ1n) is 7.66. The number of piperazine rings is 1. The zero-order valence-corrected chi connectivity index (χ0v) is 12.9. The van der Waals surface area contributed by atoms with Gasteiger partial charge in [-0.3, -0.25) is 4.79 Å². The number of rotatable bonds is 2. The van der Waals surface area contributed by atoms with Crippen molar-refractivity contribution in [2.45, 2.75) is 6.92 Å². The van der Waals surface area contributed by atoms with Crippen LogP contribution >= 0.6 is 0 Å². The van der Waals surface area contributed by atoms with Crippen molar-refractivity contribution in [3.05, 3.63) is 47.9 Å². The SMILES string of the molecule is Cc1ccoc1C(=O)N1CCN(c2nc3ccccc3o2)CC1. The highest BCUT2D eigenvalue weighted by atomic mass is 16.4. The van der Waals surface area contributed by atoms with Crippen LogP contribution in [0, 0.1) is 6.92 Å². The van der Waals surface area contributed by atoms with Crippen LogP contribution in [-0.2, 0) is 0 Å². The van der Waals surface area contributed by atoms with Gasteiger partial charge < -0.3 is 18.6 Å². The predicted octanol–water partition coefficient (Wildman–Crippen LogP) is 2.69. The molecular weight excluding hydrogens is 294 g/mol. The number of furan rings is 1. The first-order valence-corrected chi connectivity index (χ1v) is 7.66. The van der Waals surface area contributed by atoms with Gasteiger partial charge in [-0.25, -0.2) is 0 Å². The van der Waals surface area contributed by atoms with Gasteiger partial charge in [0.05, 0.1) is 6.26 Å². The Balaban J connectivity index is 1.46. The second-order valence-electron chi connectivity index (χ2n) is 5.68. The van der Waals surface area contributed by atoms with Crippen LogP contribution in [0.2, 0.25) is 0 Å². The van der Waals surface area contributed by atoms with Crippen LogP contribution in [0.4, 0.5) is 6.01 Å². The van der Waals surface area contributed by atoms with E-state index in [9.17, 15) is 4.79 Å². The summed E-state index contributed by atoms with van der Waals surface area (Å²) in [4.78, 5) is 20.8. The molecule has 0 aliphatic carbocycles. The number of oxazole rings is 1. The molecule has 4 rings (SSSR count). The molecule has 6 heteroatoms. The number of anilines is 1. The first kappa shape index (κ1) is 13.9. The van der Waals surface area contributed by atoms with Crippen molar-refractivity contribution in [3.63, 3.8) is 0 Å². The number of nitrogens with zero attached hydrogens (tertiary/aromatic N) is 3. The summed E-state index contributed by atoms with van der Waals surface area (Å²) >= 11 is 0. The number of para-hydroxylation sites is 2. The Morgan fingerprint density at radius 1 is 1.13 bits per heavy atom. The maximum absolute atomic E-state index is 12.4. The van der Waals surface area contributed by atoms with Crippen LogP contribution < -0.4 is 4.90 Å². The number of amides is 1. The van der Waals surface area contributed by atoms with E-state index in [0.29, 0.717) is 38.0 Å². The first-order chi connectivity index (χ1) is 11.2. The quantitative estimate of drug-likeness (QED) is 0.728. The van der Waals surface area contributed by atoms with Crippen LogP contribution in [0.3, 0.4) is 0 Å². The third-order valence-electron chi connectivity index (χ3n) is 4.18. The van der Waals surface area contributed by atoms with Crippen molar-refractivity contribution in [2.24, 2.45) is 0 Å². The van der Waals surface area contributed by atoms with Crippen molar-refractivity contribution in [1.82, 2.24) is 9.88 Å². The Morgan fingerprint density at radius 2 is 1.91 bits per heavy atom. The molecule has 0 unspecified atom stereocenters. The molecule has 3 aromatic rings. The van der Waals surface area contributed by atoms with E-state index in [1.807, 2.05) is 42.2 Å². The van der Waals surface area contributed by atoms with E-state index in [0.717, 1.165) is 16.7 Å². The Kier molecular flexibility index (Phi) is 3.29. The minimum atomic E-state index is -0.0512. The normalized spacial score (nSPS) is 15.3. The van der Waals surface area contributed by atoms with Gasteiger partial charge in [-0.15, -0.1) is 0 Å². The summed E-state index contributed by atoms with van der Waals surface area (Å²) in [7, 11) is 0. The Bertz CT molecular complexity index is 811. The number of hydrogen-bond donors (Lipinski definition) is 0. The molecule has 1 amide bonds. The predicted molar refractivity (Wildman–Crippen MR) is 85.6 cm³/mol. The molecule has 0 bridgehead atoms. The highest BCUT2D eigenvalue weighted by Crippen LogP contribution is 2.23. The molecule has 0 saturated carbocycles. The maximum atomic E-state index is 12.4. The highest BCUT2D eigenvalue weighted by molar-refractivity contribution is 5.93. The van der Waals surface area contributed by atoms with Crippen LogP contribution in [0.15, 0.2) is 45.4 Å². The molecule has 3 heterocycles. The molecule has 1 saturated heterocycles. The number of carbonyl (C=O) groups excluding carboxylic acids is 1. The fourth-order valence-corrected chi connectivity index (χ4v) is 2.83. The van der Waals surface area contributed by atoms with Gasteiger partial charge >= 0.3 is 0 Å². The van der Waals surface area contributed by atoms with Gasteiger partial charge in [-0.2, -0.15) is 4.98 Å². The van der Waals surface area contributed by atoms with Crippen LogP contribution in [0.5, 0.6) is 0 Å². The van der Waals surface area contributed by atoms with Crippen molar-refractivity contribution in [3.8, 4) is 0 Å². The number of carbonyl (C=O) groups is 1. The third-order valence-corrected chi connectivity index (χ3v) is 4.18. The lowest BCUT2D eigenvalue weighted by molar-refractivity contribution is 0.0712. The minimum Gasteiger partial charge on any atom is -0.459 e. The molecule has 2 aromatic heterocycles. The summed E-state index contributed by atoms with van der Waals surface area (Å²) in [6.45, 7) is 4.51. The molecule has 0 N–H and O–H groups in total. The summed E-state index contributed by atoms with van der Waals surface area (Å²) in [5.74, 6) is 0.380. The fourth-order valence-electron chi connectivity index (χ4n) is 2.83. The topological polar surface area (TPSA) is 62.7 Å². The average molecular weight is 311 g/mol. The molecule has 1 aromatic carbocycles. The number of aromatic nitrogens is 1. The molecule has 0 atom stereocenters. The molecule has 6 nitrogen and oxygen atoms in total. The summed E-state index contributed by atoms with van der Waals surface area (Å²) in [5.41, 5.74) is 2.51. The largest absolute Gasteiger partial charge is 0.459 e. The lowest BCUT2D eigenvalue weighted by atomic mass is 10.2. The van der Waals surface area contributed by atoms with Gasteiger partial charge in [0.25, 0.3) is 11.9 Å². The van der Waals surface area contributed by atoms with E-state index in [-0.39, 0.29) is 5.91 Å². The van der Waals surface area contributed by atoms with Gasteiger partial charge in [0.2, 0.25) is 0 Å². The smallest absolute Gasteiger partial charge is 0.298 e. The molecule has 1 fully saturated rings. The van der Waals surface area contributed by atoms with Crippen LogP contribution in [-0.4, -0.2) is 42.0 Å². The van der Waals surface area contributed by atoms with Crippen molar-refractivity contribution >= 4 is 23.0 Å². The second kappa shape index (κ2) is 5.46. The average Bonchev–Trinajstić information content (AvgIpc) is 3.20.